The highest BCUT2D eigenvalue weighted by atomic mass is 35.5. The summed E-state index contributed by atoms with van der Waals surface area (Å²) in [4.78, 5) is 1.94. The van der Waals surface area contributed by atoms with Crippen LogP contribution in [0.1, 0.15) is 90.8 Å². The van der Waals surface area contributed by atoms with E-state index >= 15 is 0 Å². The van der Waals surface area contributed by atoms with Crippen LogP contribution in [0.3, 0.4) is 0 Å². The van der Waals surface area contributed by atoms with Gasteiger partial charge in [-0.1, -0.05) is 71.0 Å². The van der Waals surface area contributed by atoms with Crippen molar-refractivity contribution in [2.75, 3.05) is 4.90 Å². The fraction of sp³-hybridized carbons (Fsp3) is 0.424. The summed E-state index contributed by atoms with van der Waals surface area (Å²) in [5, 5.41) is 9.58. The van der Waals surface area contributed by atoms with Crippen LogP contribution in [-0.2, 0) is 15.7 Å². The van der Waals surface area contributed by atoms with Crippen molar-refractivity contribution in [1.29, 1.82) is 5.26 Å². The summed E-state index contributed by atoms with van der Waals surface area (Å²) in [6.07, 6.45) is 4.00. The van der Waals surface area contributed by atoms with Gasteiger partial charge in [-0.05, 0) is 98.0 Å². The number of rotatable bonds is 10. The van der Waals surface area contributed by atoms with Gasteiger partial charge in [0.15, 0.2) is 0 Å². The minimum absolute atomic E-state index is 0.180. The van der Waals surface area contributed by atoms with Gasteiger partial charge in [0.1, 0.15) is 0 Å². The Hall–Kier alpha value is -2.76. The highest BCUT2D eigenvalue weighted by Crippen LogP contribution is 2.41. The number of nitrogens with zero attached hydrogens (tertiary/aromatic N) is 2. The second-order valence-corrected chi connectivity index (χ2v) is 11.4. The summed E-state index contributed by atoms with van der Waals surface area (Å²) < 4.78 is 0. The third kappa shape index (κ3) is 5.47. The topological polar surface area (TPSA) is 27.0 Å². The quantitative estimate of drug-likeness (QED) is 0.259. The minimum Gasteiger partial charge on any atom is -0.311 e. The lowest BCUT2D eigenvalue weighted by Gasteiger charge is -2.30. The van der Waals surface area contributed by atoms with Crippen LogP contribution < -0.4 is 4.90 Å². The standard InChI is InChI=1S/C33H41ClN2/c1-8-32(7,9-2)26-14-20-29(21-15-26)36(28-18-12-25(13-19-28)31(5,6)24-35)30-22-16-27(17-23-30)33(34,10-3)11-4/h12-23H,8-11H2,1-7H3. The van der Waals surface area contributed by atoms with E-state index < -0.39 is 5.41 Å². The molecular weight excluding hydrogens is 460 g/mol. The molecule has 2 nitrogen and oxygen atoms in total. The molecule has 0 aliphatic rings. The molecule has 0 fully saturated rings. The highest BCUT2D eigenvalue weighted by Gasteiger charge is 2.26. The predicted molar refractivity (Wildman–Crippen MR) is 156 cm³/mol. The first-order valence-corrected chi connectivity index (χ1v) is 13.7. The monoisotopic (exact) mass is 500 g/mol. The first kappa shape index (κ1) is 27.8. The van der Waals surface area contributed by atoms with E-state index in [2.05, 4.69) is 118 Å². The van der Waals surface area contributed by atoms with Crippen LogP contribution in [0.15, 0.2) is 72.8 Å². The maximum absolute atomic E-state index is 9.58. The zero-order chi connectivity index (χ0) is 26.6. The van der Waals surface area contributed by atoms with Crippen molar-refractivity contribution in [1.82, 2.24) is 0 Å². The summed E-state index contributed by atoms with van der Waals surface area (Å²) in [7, 11) is 0. The number of hydrogen-bond donors (Lipinski definition) is 0. The molecule has 0 spiro atoms. The molecule has 3 heteroatoms. The van der Waals surface area contributed by atoms with Gasteiger partial charge in [0.25, 0.3) is 0 Å². The molecule has 0 heterocycles. The Balaban J connectivity index is 2.09. The predicted octanol–water partition coefficient (Wildman–Crippen LogP) is 10.3. The molecular formula is C33H41ClN2. The number of alkyl halides is 1. The Morgan fingerprint density at radius 2 is 0.972 bits per heavy atom. The third-order valence-corrected chi connectivity index (χ3v) is 9.03. The smallest absolute Gasteiger partial charge is 0.0766 e. The van der Waals surface area contributed by atoms with Gasteiger partial charge in [-0.15, -0.1) is 11.6 Å². The molecule has 3 aromatic rings. The maximum atomic E-state index is 9.58. The molecule has 0 bridgehead atoms. The number of benzene rings is 3. The Kier molecular flexibility index (Phi) is 8.58. The van der Waals surface area contributed by atoms with E-state index in [-0.39, 0.29) is 10.3 Å². The average Bonchev–Trinajstić information content (AvgIpc) is 2.93. The first-order chi connectivity index (χ1) is 17.1. The van der Waals surface area contributed by atoms with Crippen molar-refractivity contribution in [2.45, 2.75) is 89.9 Å². The number of hydrogen-bond acceptors (Lipinski definition) is 2. The summed E-state index contributed by atoms with van der Waals surface area (Å²) in [6, 6.07) is 28.4. The van der Waals surface area contributed by atoms with Gasteiger partial charge in [-0.3, -0.25) is 0 Å². The lowest BCUT2D eigenvalue weighted by atomic mass is 9.78. The van der Waals surface area contributed by atoms with Crippen LogP contribution >= 0.6 is 11.6 Å². The van der Waals surface area contributed by atoms with Gasteiger partial charge in [-0.25, -0.2) is 0 Å². The van der Waals surface area contributed by atoms with E-state index in [0.29, 0.717) is 0 Å². The van der Waals surface area contributed by atoms with Crippen LogP contribution in [-0.4, -0.2) is 0 Å². The summed E-state index contributed by atoms with van der Waals surface area (Å²) in [6.45, 7) is 15.1. The molecule has 0 amide bonds. The second kappa shape index (κ2) is 11.1. The highest BCUT2D eigenvalue weighted by molar-refractivity contribution is 6.24. The molecule has 0 unspecified atom stereocenters. The molecule has 0 aromatic heterocycles. The van der Waals surface area contributed by atoms with Gasteiger partial charge in [0.05, 0.1) is 16.4 Å². The fourth-order valence-electron chi connectivity index (χ4n) is 4.78. The van der Waals surface area contributed by atoms with Crippen LogP contribution in [0.5, 0.6) is 0 Å². The van der Waals surface area contributed by atoms with Gasteiger partial charge in [-0.2, -0.15) is 5.26 Å². The Labute approximate surface area is 223 Å². The van der Waals surface area contributed by atoms with Gasteiger partial charge in [0, 0.05) is 17.1 Å². The maximum Gasteiger partial charge on any atom is 0.0766 e. The zero-order valence-electron chi connectivity index (χ0n) is 23.0. The van der Waals surface area contributed by atoms with Crippen molar-refractivity contribution in [3.8, 4) is 6.07 Å². The molecule has 0 saturated carbocycles. The van der Waals surface area contributed by atoms with Gasteiger partial charge < -0.3 is 4.90 Å². The van der Waals surface area contributed by atoms with Crippen molar-refractivity contribution in [3.63, 3.8) is 0 Å². The summed E-state index contributed by atoms with van der Waals surface area (Å²) in [5.41, 5.74) is 6.44. The number of nitriles is 1. The molecule has 0 aliphatic carbocycles. The van der Waals surface area contributed by atoms with Crippen LogP contribution in [0.4, 0.5) is 17.1 Å². The van der Waals surface area contributed by atoms with E-state index in [1.54, 1.807) is 0 Å². The molecule has 0 atom stereocenters. The minimum atomic E-state index is -0.526. The lowest BCUT2D eigenvalue weighted by Crippen LogP contribution is -2.19. The van der Waals surface area contributed by atoms with E-state index in [4.69, 9.17) is 11.6 Å². The Morgan fingerprint density at radius 3 is 1.31 bits per heavy atom. The Bertz CT molecular complexity index is 1100. The SMILES string of the molecule is CCC(C)(CC)c1ccc(N(c2ccc(C(C)(C)C#N)cc2)c2ccc(C(Cl)(CC)CC)cc2)cc1. The molecule has 0 aliphatic heterocycles. The first-order valence-electron chi connectivity index (χ1n) is 13.3. The van der Waals surface area contributed by atoms with Crippen molar-refractivity contribution >= 4 is 28.7 Å². The molecule has 0 radical (unpaired) electrons. The zero-order valence-corrected chi connectivity index (χ0v) is 23.8. The molecule has 3 aromatic carbocycles. The van der Waals surface area contributed by atoms with Gasteiger partial charge in [0.2, 0.25) is 0 Å². The lowest BCUT2D eigenvalue weighted by molar-refractivity contribution is 0.439. The van der Waals surface area contributed by atoms with Gasteiger partial charge >= 0.3 is 0 Å². The number of halogens is 1. The number of anilines is 3. The van der Waals surface area contributed by atoms with E-state index in [9.17, 15) is 5.26 Å². The molecule has 36 heavy (non-hydrogen) atoms. The van der Waals surface area contributed by atoms with E-state index in [0.717, 1.165) is 53.9 Å². The fourth-order valence-corrected chi connectivity index (χ4v) is 4.90. The molecule has 190 valence electrons. The molecule has 3 rings (SSSR count). The largest absolute Gasteiger partial charge is 0.311 e. The summed E-state index contributed by atoms with van der Waals surface area (Å²) in [5.74, 6) is 0. The van der Waals surface area contributed by atoms with Crippen molar-refractivity contribution < 1.29 is 0 Å². The Morgan fingerprint density at radius 1 is 0.611 bits per heavy atom. The van der Waals surface area contributed by atoms with E-state index in [1.807, 2.05) is 13.8 Å². The molecule has 0 N–H and O–H groups in total. The van der Waals surface area contributed by atoms with Crippen LogP contribution in [0.2, 0.25) is 0 Å². The van der Waals surface area contributed by atoms with Crippen molar-refractivity contribution in [3.05, 3.63) is 89.5 Å². The second-order valence-electron chi connectivity index (χ2n) is 10.7. The molecule has 0 saturated heterocycles. The van der Waals surface area contributed by atoms with Crippen LogP contribution in [0, 0.1) is 11.3 Å². The average molecular weight is 501 g/mol. The normalized spacial score (nSPS) is 12.3. The van der Waals surface area contributed by atoms with E-state index in [1.165, 1.54) is 5.56 Å². The van der Waals surface area contributed by atoms with Crippen molar-refractivity contribution in [2.24, 2.45) is 0 Å². The van der Waals surface area contributed by atoms with Crippen LogP contribution in [0.25, 0.3) is 0 Å². The third-order valence-electron chi connectivity index (χ3n) is 8.27. The summed E-state index contributed by atoms with van der Waals surface area (Å²) >= 11 is 6.92.